The van der Waals surface area contributed by atoms with E-state index in [1.807, 2.05) is 53.9 Å². The molecule has 0 spiro atoms. The zero-order valence-electron chi connectivity index (χ0n) is 21.1. The molecule has 0 saturated heterocycles. The van der Waals surface area contributed by atoms with Crippen LogP contribution < -0.4 is 15.5 Å². The molecule has 1 aromatic heterocycles. The fraction of sp³-hybridized carbons (Fsp3) is 0.0333. The van der Waals surface area contributed by atoms with E-state index in [1.54, 1.807) is 30.5 Å². The van der Waals surface area contributed by atoms with Gasteiger partial charge in [0.05, 0.1) is 20.0 Å². The van der Waals surface area contributed by atoms with Crippen molar-refractivity contribution in [3.05, 3.63) is 126 Å². The highest BCUT2D eigenvalue weighted by Gasteiger charge is 2.11. The van der Waals surface area contributed by atoms with Crippen LogP contribution in [0.1, 0.15) is 21.5 Å². The lowest BCUT2D eigenvalue weighted by atomic mass is 10.1. The number of thiazole rings is 1. The Balaban J connectivity index is 1.16. The maximum atomic E-state index is 13.4. The second-order valence-electron chi connectivity index (χ2n) is 8.68. The Labute approximate surface area is 266 Å². The fourth-order valence-corrected chi connectivity index (χ4v) is 6.35. The monoisotopic (exact) mass is 760 g/mol. The van der Waals surface area contributed by atoms with E-state index < -0.39 is 0 Å². The van der Waals surface area contributed by atoms with Crippen LogP contribution in [0.15, 0.2) is 99.9 Å². The molecule has 1 amide bonds. The summed E-state index contributed by atoms with van der Waals surface area (Å²) >= 11 is 13.1. The van der Waals surface area contributed by atoms with E-state index in [9.17, 15) is 9.18 Å². The summed E-state index contributed by atoms with van der Waals surface area (Å²) in [5, 5.41) is 10.7. The third-order valence-corrected chi connectivity index (χ3v) is 8.12. The molecule has 0 unspecified atom stereocenters. The number of nitrogens with one attached hydrogen (secondary N) is 2. The van der Waals surface area contributed by atoms with Gasteiger partial charge in [-0.3, -0.25) is 4.79 Å². The number of hydrogen-bond acceptors (Lipinski definition) is 6. The highest BCUT2D eigenvalue weighted by Crippen LogP contribution is 2.32. The van der Waals surface area contributed by atoms with Gasteiger partial charge in [0.1, 0.15) is 18.2 Å². The molecule has 1 heterocycles. The number of aromatic nitrogens is 1. The standard InChI is InChI=1S/C30H20BrClFIN4O2S/c31-25-13-19(14-26(34)28(25)40-16-18-2-1-3-23(33)12-18)15-35-38-29(39)21-6-4-20(5-7-21)27-17-41-30(37-27)36-24-10-8-22(32)9-11-24/h1-15,17H,16H2,(H,36,37)(H,38,39)/b35-15-. The predicted molar refractivity (Wildman–Crippen MR) is 175 cm³/mol. The highest BCUT2D eigenvalue weighted by molar-refractivity contribution is 14.1. The Morgan fingerprint density at radius 1 is 1.10 bits per heavy atom. The van der Waals surface area contributed by atoms with Crippen LogP contribution in [0, 0.1) is 9.39 Å². The molecule has 5 aromatic rings. The van der Waals surface area contributed by atoms with E-state index in [4.69, 9.17) is 16.3 Å². The number of carbonyl (C=O) groups excluding carboxylic acids is 1. The maximum Gasteiger partial charge on any atom is 0.271 e. The summed E-state index contributed by atoms with van der Waals surface area (Å²) in [7, 11) is 0. The number of hydrogen-bond donors (Lipinski definition) is 2. The quantitative estimate of drug-likeness (QED) is 0.0894. The van der Waals surface area contributed by atoms with E-state index in [0.717, 1.165) is 41.2 Å². The highest BCUT2D eigenvalue weighted by atomic mass is 127. The van der Waals surface area contributed by atoms with Crippen molar-refractivity contribution in [1.82, 2.24) is 10.4 Å². The van der Waals surface area contributed by atoms with E-state index in [0.29, 0.717) is 16.3 Å². The first-order chi connectivity index (χ1) is 19.8. The second-order valence-corrected chi connectivity index (χ2v) is 12.0. The Morgan fingerprint density at radius 2 is 1.88 bits per heavy atom. The second kappa shape index (κ2) is 13.6. The summed E-state index contributed by atoms with van der Waals surface area (Å²) in [5.41, 5.74) is 7.13. The first kappa shape index (κ1) is 29.2. The normalized spacial score (nSPS) is 11.0. The molecule has 0 aliphatic heterocycles. The van der Waals surface area contributed by atoms with Crippen LogP contribution in [-0.4, -0.2) is 17.1 Å². The SMILES string of the molecule is O=C(N/N=C\c1cc(Br)c(OCc2cccc(F)c2)c(I)c1)c1ccc(-c2csc(Nc3ccc(Cl)cc3)n2)cc1. The van der Waals surface area contributed by atoms with E-state index in [1.165, 1.54) is 23.5 Å². The Bertz CT molecular complexity index is 1690. The molecular weight excluding hydrogens is 742 g/mol. The summed E-state index contributed by atoms with van der Waals surface area (Å²) in [6.07, 6.45) is 1.56. The largest absolute Gasteiger partial charge is 0.487 e. The minimum atomic E-state index is -0.333. The molecule has 2 N–H and O–H groups in total. The molecule has 4 aromatic carbocycles. The number of amides is 1. The molecular formula is C30H20BrClFIN4O2S. The number of rotatable bonds is 9. The van der Waals surface area contributed by atoms with Gasteiger partial charge in [-0.1, -0.05) is 35.9 Å². The van der Waals surface area contributed by atoms with Crippen LogP contribution in [0.5, 0.6) is 5.75 Å². The third kappa shape index (κ3) is 7.91. The molecule has 0 radical (unpaired) electrons. The molecule has 0 aliphatic carbocycles. The van der Waals surface area contributed by atoms with Gasteiger partial charge in [-0.15, -0.1) is 11.3 Å². The minimum Gasteiger partial charge on any atom is -0.487 e. The van der Waals surface area contributed by atoms with Crippen molar-refractivity contribution in [2.24, 2.45) is 5.10 Å². The average Bonchev–Trinajstić information content (AvgIpc) is 3.42. The van der Waals surface area contributed by atoms with Gasteiger partial charge in [0.25, 0.3) is 5.91 Å². The zero-order valence-corrected chi connectivity index (χ0v) is 26.4. The van der Waals surface area contributed by atoms with Crippen molar-refractivity contribution in [3.8, 4) is 17.0 Å². The lowest BCUT2D eigenvalue weighted by Crippen LogP contribution is -2.17. The van der Waals surface area contributed by atoms with Crippen molar-refractivity contribution in [2.45, 2.75) is 6.61 Å². The van der Waals surface area contributed by atoms with Crippen LogP contribution >= 0.6 is 61.5 Å². The number of halogens is 4. The van der Waals surface area contributed by atoms with Crippen LogP contribution in [0.4, 0.5) is 15.2 Å². The minimum absolute atomic E-state index is 0.235. The molecule has 0 aliphatic rings. The molecule has 41 heavy (non-hydrogen) atoms. The average molecular weight is 762 g/mol. The van der Waals surface area contributed by atoms with Gasteiger partial charge in [-0.05, 0) is 110 Å². The van der Waals surface area contributed by atoms with Gasteiger partial charge in [-0.25, -0.2) is 14.8 Å². The Hall–Kier alpha value is -3.32. The van der Waals surface area contributed by atoms with Gasteiger partial charge >= 0.3 is 0 Å². The molecule has 206 valence electrons. The van der Waals surface area contributed by atoms with Crippen LogP contribution in [0.3, 0.4) is 0 Å². The van der Waals surface area contributed by atoms with Crippen molar-refractivity contribution in [1.29, 1.82) is 0 Å². The molecule has 5 rings (SSSR count). The van der Waals surface area contributed by atoms with E-state index >= 15 is 0 Å². The van der Waals surface area contributed by atoms with Crippen LogP contribution in [0.2, 0.25) is 5.02 Å². The summed E-state index contributed by atoms with van der Waals surface area (Å²) < 4.78 is 20.9. The van der Waals surface area contributed by atoms with Crippen LogP contribution in [-0.2, 0) is 6.61 Å². The van der Waals surface area contributed by atoms with Crippen LogP contribution in [0.25, 0.3) is 11.3 Å². The topological polar surface area (TPSA) is 75.6 Å². The van der Waals surface area contributed by atoms with Gasteiger partial charge in [0.2, 0.25) is 0 Å². The Kier molecular flexibility index (Phi) is 9.65. The zero-order chi connectivity index (χ0) is 28.8. The van der Waals surface area contributed by atoms with Gasteiger partial charge < -0.3 is 10.1 Å². The molecule has 11 heteroatoms. The summed E-state index contributed by atoms with van der Waals surface area (Å²) in [6, 6.07) is 24.6. The maximum absolute atomic E-state index is 13.4. The lowest BCUT2D eigenvalue weighted by Gasteiger charge is -2.11. The number of nitrogens with zero attached hydrogens (tertiary/aromatic N) is 2. The van der Waals surface area contributed by atoms with Gasteiger partial charge in [0.15, 0.2) is 5.13 Å². The number of carbonyl (C=O) groups is 1. The molecule has 0 fully saturated rings. The first-order valence-electron chi connectivity index (χ1n) is 12.1. The van der Waals surface area contributed by atoms with Crippen molar-refractivity contribution in [3.63, 3.8) is 0 Å². The number of hydrazone groups is 1. The van der Waals surface area contributed by atoms with Gasteiger partial charge in [0, 0.05) is 27.2 Å². The lowest BCUT2D eigenvalue weighted by molar-refractivity contribution is 0.0955. The van der Waals surface area contributed by atoms with Crippen molar-refractivity contribution >= 4 is 84.4 Å². The molecule has 6 nitrogen and oxygen atoms in total. The first-order valence-corrected chi connectivity index (χ1v) is 15.3. The van der Waals surface area contributed by atoms with Crippen molar-refractivity contribution in [2.75, 3.05) is 5.32 Å². The molecule has 0 saturated carbocycles. The molecule has 0 bridgehead atoms. The summed E-state index contributed by atoms with van der Waals surface area (Å²) in [6.45, 7) is 0.235. The number of anilines is 2. The number of benzene rings is 4. The third-order valence-electron chi connectivity index (χ3n) is 5.72. The van der Waals surface area contributed by atoms with Gasteiger partial charge in [-0.2, -0.15) is 5.10 Å². The summed E-state index contributed by atoms with van der Waals surface area (Å²) in [4.78, 5) is 17.3. The molecule has 0 atom stereocenters. The van der Waals surface area contributed by atoms with Crippen molar-refractivity contribution < 1.29 is 13.9 Å². The Morgan fingerprint density at radius 3 is 2.61 bits per heavy atom. The smallest absolute Gasteiger partial charge is 0.271 e. The number of ether oxygens (including phenoxy) is 1. The van der Waals surface area contributed by atoms with E-state index in [2.05, 4.69) is 59.3 Å². The fourth-order valence-electron chi connectivity index (χ4n) is 3.72. The summed E-state index contributed by atoms with van der Waals surface area (Å²) in [5.74, 6) is 0.00494. The predicted octanol–water partition coefficient (Wildman–Crippen LogP) is 9.06. The van der Waals surface area contributed by atoms with E-state index in [-0.39, 0.29) is 18.3 Å².